The van der Waals surface area contributed by atoms with E-state index in [-0.39, 0.29) is 17.5 Å². The maximum Gasteiger partial charge on any atom is 0.334 e. The summed E-state index contributed by atoms with van der Waals surface area (Å²) in [6.45, 7) is 1.82. The summed E-state index contributed by atoms with van der Waals surface area (Å²) in [7, 11) is 0. The van der Waals surface area contributed by atoms with Gasteiger partial charge in [0.2, 0.25) is 0 Å². The summed E-state index contributed by atoms with van der Waals surface area (Å²) in [5.74, 6) is -0.404. The first-order chi connectivity index (χ1) is 8.08. The highest BCUT2D eigenvalue weighted by Gasteiger charge is 2.19. The Morgan fingerprint density at radius 2 is 2.24 bits per heavy atom. The molecule has 0 aromatic heterocycles. The Hall–Kier alpha value is -2.10. The summed E-state index contributed by atoms with van der Waals surface area (Å²) in [4.78, 5) is 22.5. The number of ketones is 1. The van der Waals surface area contributed by atoms with Crippen LogP contribution in [0.2, 0.25) is 0 Å². The molecule has 4 heteroatoms. The van der Waals surface area contributed by atoms with E-state index in [1.165, 1.54) is 13.0 Å². The van der Waals surface area contributed by atoms with Gasteiger partial charge < -0.3 is 9.84 Å². The normalized spacial score (nSPS) is 17.2. The monoisotopic (exact) mass is 232 g/mol. The number of hydrogen-bond donors (Lipinski definition) is 1. The van der Waals surface area contributed by atoms with E-state index in [4.69, 9.17) is 4.74 Å². The molecular weight excluding hydrogens is 220 g/mol. The fraction of sp³-hybridized carbons (Fsp3) is 0.231. The molecule has 0 atom stereocenters. The van der Waals surface area contributed by atoms with Crippen LogP contribution >= 0.6 is 0 Å². The van der Waals surface area contributed by atoms with Crippen LogP contribution in [0.3, 0.4) is 0 Å². The fourth-order valence-electron chi connectivity index (χ4n) is 1.66. The van der Waals surface area contributed by atoms with Crippen molar-refractivity contribution < 1.29 is 19.4 Å². The van der Waals surface area contributed by atoms with Crippen LogP contribution in [0.25, 0.3) is 6.08 Å². The molecule has 0 spiro atoms. The molecule has 0 aliphatic carbocycles. The van der Waals surface area contributed by atoms with E-state index < -0.39 is 0 Å². The number of phenols is 1. The van der Waals surface area contributed by atoms with Crippen molar-refractivity contribution in [1.82, 2.24) is 0 Å². The maximum absolute atomic E-state index is 11.3. The van der Waals surface area contributed by atoms with Gasteiger partial charge in [0, 0.05) is 23.1 Å². The van der Waals surface area contributed by atoms with Crippen molar-refractivity contribution in [3.05, 3.63) is 34.9 Å². The molecule has 88 valence electrons. The van der Waals surface area contributed by atoms with Crippen LogP contribution in [0.5, 0.6) is 5.75 Å². The van der Waals surface area contributed by atoms with Crippen LogP contribution in [0.4, 0.5) is 0 Å². The minimum absolute atomic E-state index is 0.0437. The van der Waals surface area contributed by atoms with Gasteiger partial charge in [0.05, 0.1) is 6.61 Å². The van der Waals surface area contributed by atoms with Crippen molar-refractivity contribution in [2.24, 2.45) is 0 Å². The average Bonchev–Trinajstić information content (AvgIpc) is 2.67. The lowest BCUT2D eigenvalue weighted by atomic mass is 10.0. The van der Waals surface area contributed by atoms with E-state index in [1.807, 2.05) is 0 Å². The van der Waals surface area contributed by atoms with E-state index in [1.54, 1.807) is 18.2 Å². The molecule has 1 aromatic carbocycles. The Morgan fingerprint density at radius 3 is 2.82 bits per heavy atom. The molecular formula is C13H12O4. The van der Waals surface area contributed by atoms with Gasteiger partial charge in [-0.1, -0.05) is 0 Å². The second kappa shape index (κ2) is 4.41. The fourth-order valence-corrected chi connectivity index (χ4v) is 1.66. The standard InChI is InChI=1S/C13H12O4/c1-8(14)9-2-3-12(15)11(6-9)7-10-4-5-17-13(10)16/h2-3,6-7,15H,4-5H2,1H3/b10-7-. The van der Waals surface area contributed by atoms with Crippen LogP contribution in [0.1, 0.15) is 29.3 Å². The lowest BCUT2D eigenvalue weighted by Crippen LogP contribution is -1.96. The molecule has 2 rings (SSSR count). The Bertz CT molecular complexity index is 514. The van der Waals surface area contributed by atoms with Crippen molar-refractivity contribution in [1.29, 1.82) is 0 Å². The number of carbonyl (C=O) groups is 2. The third-order valence-corrected chi connectivity index (χ3v) is 2.63. The van der Waals surface area contributed by atoms with Gasteiger partial charge in [-0.25, -0.2) is 4.79 Å². The molecule has 1 fully saturated rings. The number of esters is 1. The molecule has 0 unspecified atom stereocenters. The Kier molecular flexibility index (Phi) is 2.95. The third-order valence-electron chi connectivity index (χ3n) is 2.63. The topological polar surface area (TPSA) is 63.6 Å². The van der Waals surface area contributed by atoms with Gasteiger partial charge in [-0.3, -0.25) is 4.79 Å². The molecule has 0 bridgehead atoms. The number of rotatable bonds is 2. The van der Waals surface area contributed by atoms with Crippen LogP contribution in [-0.4, -0.2) is 23.5 Å². The lowest BCUT2D eigenvalue weighted by Gasteiger charge is -2.02. The predicted octanol–water partition coefficient (Wildman–Crippen LogP) is 1.93. The van der Waals surface area contributed by atoms with E-state index in [0.717, 1.165) is 0 Å². The second-order valence-electron chi connectivity index (χ2n) is 3.89. The smallest absolute Gasteiger partial charge is 0.334 e. The zero-order valence-electron chi connectivity index (χ0n) is 9.40. The first kappa shape index (κ1) is 11.4. The van der Waals surface area contributed by atoms with Gasteiger partial charge in [-0.05, 0) is 31.2 Å². The van der Waals surface area contributed by atoms with Crippen molar-refractivity contribution in [2.45, 2.75) is 13.3 Å². The Labute approximate surface area is 98.5 Å². The van der Waals surface area contributed by atoms with Gasteiger partial charge in [0.15, 0.2) is 5.78 Å². The molecule has 1 N–H and O–H groups in total. The molecule has 0 radical (unpaired) electrons. The first-order valence-corrected chi connectivity index (χ1v) is 5.29. The zero-order valence-corrected chi connectivity index (χ0v) is 9.40. The maximum atomic E-state index is 11.3. The second-order valence-corrected chi connectivity index (χ2v) is 3.89. The molecule has 0 amide bonds. The highest BCUT2D eigenvalue weighted by atomic mass is 16.5. The summed E-state index contributed by atoms with van der Waals surface area (Å²) in [6.07, 6.45) is 2.10. The number of cyclic esters (lactones) is 1. The SMILES string of the molecule is CC(=O)c1ccc(O)c(/C=C2/CCOC2=O)c1. The van der Waals surface area contributed by atoms with Crippen LogP contribution in [0.15, 0.2) is 23.8 Å². The zero-order chi connectivity index (χ0) is 12.4. The number of carbonyl (C=O) groups excluding carboxylic acids is 2. The average molecular weight is 232 g/mol. The summed E-state index contributed by atoms with van der Waals surface area (Å²) in [5.41, 5.74) is 1.48. The van der Waals surface area contributed by atoms with Gasteiger partial charge in [-0.2, -0.15) is 0 Å². The summed E-state index contributed by atoms with van der Waals surface area (Å²) >= 11 is 0. The van der Waals surface area contributed by atoms with Crippen LogP contribution in [0, 0.1) is 0 Å². The number of Topliss-reactive ketones (excluding diaryl/α,β-unsaturated/α-hetero) is 1. The number of phenolic OH excluding ortho intramolecular Hbond substituents is 1. The Morgan fingerprint density at radius 1 is 1.47 bits per heavy atom. The minimum atomic E-state index is -0.363. The largest absolute Gasteiger partial charge is 0.507 e. The van der Waals surface area contributed by atoms with Crippen molar-refractivity contribution in [2.75, 3.05) is 6.61 Å². The number of benzene rings is 1. The van der Waals surface area contributed by atoms with Gasteiger partial charge >= 0.3 is 5.97 Å². The van der Waals surface area contributed by atoms with Crippen molar-refractivity contribution in [3.8, 4) is 5.75 Å². The summed E-state index contributed by atoms with van der Waals surface area (Å²) in [5, 5.41) is 9.66. The summed E-state index contributed by atoms with van der Waals surface area (Å²) in [6, 6.07) is 4.56. The van der Waals surface area contributed by atoms with Gasteiger partial charge in [-0.15, -0.1) is 0 Å². The quantitative estimate of drug-likeness (QED) is 0.480. The molecule has 1 aliphatic heterocycles. The van der Waals surface area contributed by atoms with Crippen LogP contribution in [-0.2, 0) is 9.53 Å². The third kappa shape index (κ3) is 2.36. The molecule has 4 nitrogen and oxygen atoms in total. The summed E-state index contributed by atoms with van der Waals surface area (Å²) < 4.78 is 4.80. The van der Waals surface area contributed by atoms with E-state index >= 15 is 0 Å². The molecule has 17 heavy (non-hydrogen) atoms. The lowest BCUT2D eigenvalue weighted by molar-refractivity contribution is -0.134. The van der Waals surface area contributed by atoms with E-state index in [9.17, 15) is 14.7 Å². The van der Waals surface area contributed by atoms with Crippen molar-refractivity contribution in [3.63, 3.8) is 0 Å². The van der Waals surface area contributed by atoms with Gasteiger partial charge in [0.25, 0.3) is 0 Å². The molecule has 1 heterocycles. The minimum Gasteiger partial charge on any atom is -0.507 e. The first-order valence-electron chi connectivity index (χ1n) is 5.29. The highest BCUT2D eigenvalue weighted by molar-refractivity contribution is 5.97. The highest BCUT2D eigenvalue weighted by Crippen LogP contribution is 2.24. The van der Waals surface area contributed by atoms with Crippen LogP contribution < -0.4 is 0 Å². The number of ether oxygens (including phenoxy) is 1. The molecule has 0 saturated carbocycles. The van der Waals surface area contributed by atoms with Crippen molar-refractivity contribution >= 4 is 17.8 Å². The molecule has 1 aromatic rings. The molecule has 1 saturated heterocycles. The molecule has 1 aliphatic rings. The number of hydrogen-bond acceptors (Lipinski definition) is 4. The Balaban J connectivity index is 2.41. The number of aromatic hydroxyl groups is 1. The van der Waals surface area contributed by atoms with E-state index in [2.05, 4.69) is 0 Å². The predicted molar refractivity (Wildman–Crippen MR) is 61.7 cm³/mol. The van der Waals surface area contributed by atoms with E-state index in [0.29, 0.717) is 29.7 Å². The van der Waals surface area contributed by atoms with Gasteiger partial charge in [0.1, 0.15) is 5.75 Å².